The summed E-state index contributed by atoms with van der Waals surface area (Å²) in [5.74, 6) is 0. The minimum atomic E-state index is -3.46. The van der Waals surface area contributed by atoms with Gasteiger partial charge in [0.2, 0.25) is 10.0 Å². The van der Waals surface area contributed by atoms with E-state index in [2.05, 4.69) is 4.98 Å². The minimum Gasteiger partial charge on any atom is -0.263 e. The lowest BCUT2D eigenvalue weighted by Gasteiger charge is -2.25. The Bertz CT molecular complexity index is 698. The van der Waals surface area contributed by atoms with Crippen LogP contribution >= 0.6 is 22.9 Å². The average molecular weight is 315 g/mol. The van der Waals surface area contributed by atoms with Crippen molar-refractivity contribution in [2.45, 2.75) is 17.9 Å². The van der Waals surface area contributed by atoms with Gasteiger partial charge in [0, 0.05) is 30.4 Å². The van der Waals surface area contributed by atoms with Gasteiger partial charge in [0.1, 0.15) is 4.90 Å². The minimum absolute atomic E-state index is 0.236. The van der Waals surface area contributed by atoms with Crippen molar-refractivity contribution in [3.8, 4) is 0 Å². The zero-order valence-corrected chi connectivity index (χ0v) is 12.3. The standard InChI is InChI=1S/C12H11ClN2O2S2/c13-12-6-9-8-15(5-3-11(9)18-12)19(16,17)10-2-1-4-14-7-10/h1-2,4,6-7H,3,5,8H2. The largest absolute Gasteiger partial charge is 0.263 e. The zero-order valence-electron chi connectivity index (χ0n) is 9.91. The normalized spacial score (nSPS) is 16.3. The highest BCUT2D eigenvalue weighted by atomic mass is 35.5. The maximum Gasteiger partial charge on any atom is 0.244 e. The number of hydrogen-bond acceptors (Lipinski definition) is 4. The number of sulfonamides is 1. The number of aromatic nitrogens is 1. The van der Waals surface area contributed by atoms with Crippen LogP contribution in [0.2, 0.25) is 4.34 Å². The van der Waals surface area contributed by atoms with Crippen molar-refractivity contribution in [2.75, 3.05) is 6.54 Å². The van der Waals surface area contributed by atoms with E-state index in [1.807, 2.05) is 6.07 Å². The second-order valence-electron chi connectivity index (χ2n) is 4.28. The molecule has 3 rings (SSSR count). The fraction of sp³-hybridized carbons (Fsp3) is 0.250. The Morgan fingerprint density at radius 2 is 2.26 bits per heavy atom. The molecule has 0 aromatic carbocycles. The molecule has 1 aliphatic rings. The predicted molar refractivity (Wildman–Crippen MR) is 74.9 cm³/mol. The molecule has 0 unspecified atom stereocenters. The molecule has 0 aliphatic carbocycles. The lowest BCUT2D eigenvalue weighted by molar-refractivity contribution is 0.394. The molecule has 7 heteroatoms. The molecule has 0 saturated carbocycles. The molecule has 2 aromatic heterocycles. The molecule has 19 heavy (non-hydrogen) atoms. The van der Waals surface area contributed by atoms with E-state index >= 15 is 0 Å². The van der Waals surface area contributed by atoms with Crippen LogP contribution in [0.15, 0.2) is 35.5 Å². The summed E-state index contributed by atoms with van der Waals surface area (Å²) in [4.78, 5) is 5.29. The molecule has 0 amide bonds. The average Bonchev–Trinajstić information content (AvgIpc) is 2.78. The summed E-state index contributed by atoms with van der Waals surface area (Å²) in [5, 5.41) is 0. The van der Waals surface area contributed by atoms with Crippen molar-refractivity contribution in [1.82, 2.24) is 9.29 Å². The topological polar surface area (TPSA) is 50.3 Å². The van der Waals surface area contributed by atoms with Gasteiger partial charge < -0.3 is 0 Å². The van der Waals surface area contributed by atoms with Crippen LogP contribution in [-0.2, 0) is 23.0 Å². The third kappa shape index (κ3) is 2.41. The van der Waals surface area contributed by atoms with Crippen LogP contribution in [0, 0.1) is 0 Å². The van der Waals surface area contributed by atoms with E-state index < -0.39 is 10.0 Å². The van der Waals surface area contributed by atoms with Gasteiger partial charge in [0.15, 0.2) is 0 Å². The summed E-state index contributed by atoms with van der Waals surface area (Å²) in [6, 6.07) is 5.05. The van der Waals surface area contributed by atoms with Crippen LogP contribution in [0.1, 0.15) is 10.4 Å². The van der Waals surface area contributed by atoms with E-state index in [9.17, 15) is 8.42 Å². The van der Waals surface area contributed by atoms with Crippen molar-refractivity contribution in [3.63, 3.8) is 0 Å². The van der Waals surface area contributed by atoms with E-state index in [1.54, 1.807) is 18.3 Å². The molecule has 0 spiro atoms. The maximum atomic E-state index is 12.5. The first-order valence-corrected chi connectivity index (χ1v) is 8.38. The third-order valence-corrected chi connectivity index (χ3v) is 6.27. The third-order valence-electron chi connectivity index (χ3n) is 3.07. The predicted octanol–water partition coefficient (Wildman–Crippen LogP) is 2.54. The van der Waals surface area contributed by atoms with E-state index in [-0.39, 0.29) is 4.90 Å². The van der Waals surface area contributed by atoms with Crippen molar-refractivity contribution in [3.05, 3.63) is 45.4 Å². The second-order valence-corrected chi connectivity index (χ2v) is 7.98. The van der Waals surface area contributed by atoms with Crippen LogP contribution in [0.4, 0.5) is 0 Å². The Morgan fingerprint density at radius 1 is 1.42 bits per heavy atom. The van der Waals surface area contributed by atoms with Gasteiger partial charge in [0.05, 0.1) is 4.34 Å². The van der Waals surface area contributed by atoms with Gasteiger partial charge in [-0.2, -0.15) is 4.31 Å². The first-order chi connectivity index (χ1) is 9.07. The lowest BCUT2D eigenvalue weighted by atomic mass is 10.1. The zero-order chi connectivity index (χ0) is 13.5. The molecule has 0 N–H and O–H groups in total. The van der Waals surface area contributed by atoms with Crippen LogP contribution < -0.4 is 0 Å². The monoisotopic (exact) mass is 314 g/mol. The highest BCUT2D eigenvalue weighted by Crippen LogP contribution is 2.32. The number of nitrogens with zero attached hydrogens (tertiary/aromatic N) is 2. The maximum absolute atomic E-state index is 12.5. The van der Waals surface area contributed by atoms with Gasteiger partial charge >= 0.3 is 0 Å². The number of hydrogen-bond donors (Lipinski definition) is 0. The molecule has 100 valence electrons. The van der Waals surface area contributed by atoms with Crippen LogP contribution in [0.5, 0.6) is 0 Å². The highest BCUT2D eigenvalue weighted by molar-refractivity contribution is 7.89. The molecule has 4 nitrogen and oxygen atoms in total. The SMILES string of the molecule is O=S(=O)(c1cccnc1)N1CCc2sc(Cl)cc2C1. The molecule has 3 heterocycles. The van der Waals surface area contributed by atoms with Gasteiger partial charge in [-0.1, -0.05) is 11.6 Å². The Morgan fingerprint density at radius 3 is 3.00 bits per heavy atom. The molecule has 2 aromatic rings. The van der Waals surface area contributed by atoms with E-state index in [4.69, 9.17) is 11.6 Å². The number of thiophene rings is 1. The quantitative estimate of drug-likeness (QED) is 0.856. The van der Waals surface area contributed by atoms with Crippen molar-refractivity contribution in [2.24, 2.45) is 0 Å². The molecule has 0 bridgehead atoms. The van der Waals surface area contributed by atoms with Gasteiger partial charge in [-0.05, 0) is 30.2 Å². The highest BCUT2D eigenvalue weighted by Gasteiger charge is 2.29. The Labute approximate surface area is 120 Å². The Balaban J connectivity index is 1.93. The summed E-state index contributed by atoms with van der Waals surface area (Å²) in [6.07, 6.45) is 3.66. The van der Waals surface area contributed by atoms with Gasteiger partial charge in [0.25, 0.3) is 0 Å². The first-order valence-electron chi connectivity index (χ1n) is 5.74. The van der Waals surface area contributed by atoms with Gasteiger partial charge in [-0.25, -0.2) is 8.42 Å². The summed E-state index contributed by atoms with van der Waals surface area (Å²) in [5.41, 5.74) is 1.01. The molecular formula is C12H11ClN2O2S2. The van der Waals surface area contributed by atoms with E-state index in [0.717, 1.165) is 5.56 Å². The molecule has 0 atom stereocenters. The summed E-state index contributed by atoms with van der Waals surface area (Å²) in [6.45, 7) is 0.872. The fourth-order valence-corrected chi connectivity index (χ4v) is 4.80. The van der Waals surface area contributed by atoms with E-state index in [0.29, 0.717) is 23.8 Å². The summed E-state index contributed by atoms with van der Waals surface area (Å²) in [7, 11) is -3.46. The van der Waals surface area contributed by atoms with Crippen molar-refractivity contribution >= 4 is 33.0 Å². The fourth-order valence-electron chi connectivity index (χ4n) is 2.12. The summed E-state index contributed by atoms with van der Waals surface area (Å²) >= 11 is 7.50. The number of halogens is 1. The number of pyridine rings is 1. The van der Waals surface area contributed by atoms with Crippen molar-refractivity contribution in [1.29, 1.82) is 0 Å². The van der Waals surface area contributed by atoms with E-state index in [1.165, 1.54) is 26.7 Å². The molecule has 0 radical (unpaired) electrons. The lowest BCUT2D eigenvalue weighted by Crippen LogP contribution is -2.35. The second kappa shape index (κ2) is 4.86. The smallest absolute Gasteiger partial charge is 0.244 e. The van der Waals surface area contributed by atoms with Crippen LogP contribution in [-0.4, -0.2) is 24.3 Å². The first kappa shape index (κ1) is 13.1. The number of fused-ring (bicyclic) bond motifs is 1. The molecule has 0 saturated heterocycles. The summed E-state index contributed by atoms with van der Waals surface area (Å²) < 4.78 is 27.1. The number of rotatable bonds is 2. The Hall–Kier alpha value is -0.950. The van der Waals surface area contributed by atoms with Gasteiger partial charge in [-0.15, -0.1) is 11.3 Å². The van der Waals surface area contributed by atoms with Crippen LogP contribution in [0.3, 0.4) is 0 Å². The Kier molecular flexibility index (Phi) is 3.34. The molecule has 1 aliphatic heterocycles. The molecular weight excluding hydrogens is 304 g/mol. The molecule has 0 fully saturated rings. The van der Waals surface area contributed by atoms with Gasteiger partial charge in [-0.3, -0.25) is 4.98 Å². The van der Waals surface area contributed by atoms with Crippen LogP contribution in [0.25, 0.3) is 0 Å². The van der Waals surface area contributed by atoms with Crippen molar-refractivity contribution < 1.29 is 8.42 Å².